The molecular weight excluding hydrogens is 418 g/mol. The summed E-state index contributed by atoms with van der Waals surface area (Å²) in [5, 5.41) is 6.49. The molecule has 8 nitrogen and oxygen atoms in total. The van der Waals surface area contributed by atoms with Crippen LogP contribution in [0.3, 0.4) is 0 Å². The van der Waals surface area contributed by atoms with Gasteiger partial charge < -0.3 is 19.8 Å². The third kappa shape index (κ3) is 3.73. The Kier molecular flexibility index (Phi) is 4.47. The SMILES string of the molecule is Cc1ccn2cc(OC(=O)NC34CC5CC(C3)CC(NC(=O)c3ccccn3)(C5)C4)nc2c1. The lowest BCUT2D eigenvalue weighted by Crippen LogP contribution is -2.70. The summed E-state index contributed by atoms with van der Waals surface area (Å²) < 4.78 is 7.42. The largest absolute Gasteiger partial charge is 0.414 e. The highest BCUT2D eigenvalue weighted by atomic mass is 16.6. The first-order chi connectivity index (χ1) is 15.9. The summed E-state index contributed by atoms with van der Waals surface area (Å²) in [5.74, 6) is 1.10. The van der Waals surface area contributed by atoms with Crippen LogP contribution >= 0.6 is 0 Å². The van der Waals surface area contributed by atoms with Crippen molar-refractivity contribution in [1.82, 2.24) is 25.0 Å². The van der Waals surface area contributed by atoms with Crippen molar-refractivity contribution in [3.8, 4) is 5.88 Å². The number of nitrogens with zero attached hydrogens (tertiary/aromatic N) is 3. The molecule has 2 unspecified atom stereocenters. The van der Waals surface area contributed by atoms with Gasteiger partial charge in [-0.15, -0.1) is 0 Å². The highest BCUT2D eigenvalue weighted by Crippen LogP contribution is 2.57. The monoisotopic (exact) mass is 445 g/mol. The Labute approximate surface area is 191 Å². The van der Waals surface area contributed by atoms with Crippen LogP contribution in [0.15, 0.2) is 48.9 Å². The van der Waals surface area contributed by atoms with Crippen molar-refractivity contribution in [2.45, 2.75) is 56.5 Å². The average Bonchev–Trinajstić information content (AvgIpc) is 3.13. The molecule has 3 heterocycles. The second-order valence-corrected chi connectivity index (χ2v) is 10.3. The van der Waals surface area contributed by atoms with Crippen molar-refractivity contribution in [3.05, 3.63) is 60.2 Å². The summed E-state index contributed by atoms with van der Waals surface area (Å²) in [7, 11) is 0. The van der Waals surface area contributed by atoms with Crippen LogP contribution in [0.1, 0.15) is 54.6 Å². The Morgan fingerprint density at radius 1 is 1.09 bits per heavy atom. The Bertz CT molecular complexity index is 1220. The van der Waals surface area contributed by atoms with E-state index in [0.29, 0.717) is 24.0 Å². The lowest BCUT2D eigenvalue weighted by molar-refractivity contribution is -0.0450. The molecule has 0 saturated heterocycles. The number of carbonyl (C=O) groups excluding carboxylic acids is 2. The van der Waals surface area contributed by atoms with E-state index in [4.69, 9.17) is 4.74 Å². The number of aromatic nitrogens is 3. The normalized spacial score (nSPS) is 29.7. The first-order valence-corrected chi connectivity index (χ1v) is 11.6. The van der Waals surface area contributed by atoms with Crippen molar-refractivity contribution in [2.75, 3.05) is 0 Å². The quantitative estimate of drug-likeness (QED) is 0.639. The molecular formula is C25H27N5O3. The molecule has 4 saturated carbocycles. The summed E-state index contributed by atoms with van der Waals surface area (Å²) in [4.78, 5) is 34.4. The van der Waals surface area contributed by atoms with Gasteiger partial charge in [-0.2, -0.15) is 4.98 Å². The molecule has 3 aromatic rings. The standard InChI is InChI=1S/C25H27N5O3/c1-16-5-7-30-14-21(27-20(30)8-16)33-23(32)29-25-12-17-9-18(13-25)11-24(10-17,15-25)28-22(31)19-4-2-3-6-26-19/h2-8,14,17-18H,9-13,15H2,1H3,(H,28,31)(H,29,32). The number of imidazole rings is 1. The zero-order chi connectivity index (χ0) is 22.6. The number of hydrogen-bond donors (Lipinski definition) is 2. The van der Waals surface area contributed by atoms with Crippen LogP contribution in [0.5, 0.6) is 5.88 Å². The Morgan fingerprint density at radius 2 is 1.85 bits per heavy atom. The van der Waals surface area contributed by atoms with Crippen molar-refractivity contribution >= 4 is 17.6 Å². The molecule has 4 bridgehead atoms. The third-order valence-electron chi connectivity index (χ3n) is 7.50. The number of pyridine rings is 2. The maximum Gasteiger partial charge on any atom is 0.414 e. The summed E-state index contributed by atoms with van der Waals surface area (Å²) >= 11 is 0. The van der Waals surface area contributed by atoms with Crippen LogP contribution in [-0.4, -0.2) is 37.4 Å². The molecule has 0 radical (unpaired) electrons. The van der Waals surface area contributed by atoms with E-state index in [-0.39, 0.29) is 22.9 Å². The van der Waals surface area contributed by atoms with Crippen LogP contribution in [-0.2, 0) is 0 Å². The second kappa shape index (κ2) is 7.30. The molecule has 33 heavy (non-hydrogen) atoms. The zero-order valence-electron chi connectivity index (χ0n) is 18.6. The number of amides is 2. The van der Waals surface area contributed by atoms with Crippen LogP contribution in [0.25, 0.3) is 5.65 Å². The van der Waals surface area contributed by atoms with Crippen LogP contribution < -0.4 is 15.4 Å². The van der Waals surface area contributed by atoms with Gasteiger partial charge in [0.1, 0.15) is 11.3 Å². The summed E-state index contributed by atoms with van der Waals surface area (Å²) in [6.45, 7) is 2.00. The van der Waals surface area contributed by atoms with E-state index in [1.54, 1.807) is 24.5 Å². The van der Waals surface area contributed by atoms with Gasteiger partial charge in [-0.05, 0) is 87.1 Å². The van der Waals surface area contributed by atoms with E-state index in [1.165, 1.54) is 0 Å². The fourth-order valence-corrected chi connectivity index (χ4v) is 6.80. The topological polar surface area (TPSA) is 97.6 Å². The first-order valence-electron chi connectivity index (χ1n) is 11.6. The van der Waals surface area contributed by atoms with Crippen LogP contribution in [0.2, 0.25) is 0 Å². The predicted molar refractivity (Wildman–Crippen MR) is 121 cm³/mol. The highest BCUT2D eigenvalue weighted by Gasteiger charge is 2.59. The van der Waals surface area contributed by atoms with E-state index >= 15 is 0 Å². The average molecular weight is 446 g/mol. The van der Waals surface area contributed by atoms with Crippen molar-refractivity contribution in [2.24, 2.45) is 11.8 Å². The first kappa shape index (κ1) is 20.2. The minimum atomic E-state index is -0.483. The molecule has 2 atom stereocenters. The Hall–Kier alpha value is -3.42. The highest BCUT2D eigenvalue weighted by molar-refractivity contribution is 5.92. The summed E-state index contributed by atoms with van der Waals surface area (Å²) in [6.07, 6.45) is 10.4. The third-order valence-corrected chi connectivity index (χ3v) is 7.50. The molecule has 4 fully saturated rings. The van der Waals surface area contributed by atoms with Crippen LogP contribution in [0, 0.1) is 18.8 Å². The van der Waals surface area contributed by atoms with Gasteiger partial charge in [0, 0.05) is 23.5 Å². The molecule has 4 aliphatic rings. The van der Waals surface area contributed by atoms with E-state index in [2.05, 4.69) is 20.6 Å². The van der Waals surface area contributed by atoms with E-state index in [9.17, 15) is 9.59 Å². The number of rotatable bonds is 4. The van der Waals surface area contributed by atoms with Crippen molar-refractivity contribution < 1.29 is 14.3 Å². The molecule has 7 rings (SSSR count). The molecule has 0 aliphatic heterocycles. The number of ether oxygens (including phenoxy) is 1. The fraction of sp³-hybridized carbons (Fsp3) is 0.440. The van der Waals surface area contributed by atoms with Gasteiger partial charge in [-0.1, -0.05) is 6.07 Å². The molecule has 0 spiro atoms. The number of aryl methyl sites for hydroxylation is 1. The maximum atomic E-state index is 12.9. The number of hydrogen-bond acceptors (Lipinski definition) is 5. The van der Waals surface area contributed by atoms with Crippen LogP contribution in [0.4, 0.5) is 4.79 Å². The van der Waals surface area contributed by atoms with Gasteiger partial charge in [0.15, 0.2) is 0 Å². The summed E-state index contributed by atoms with van der Waals surface area (Å²) in [6, 6.07) is 9.28. The molecule has 8 heteroatoms. The zero-order valence-corrected chi connectivity index (χ0v) is 18.6. The molecule has 170 valence electrons. The summed E-state index contributed by atoms with van der Waals surface area (Å²) in [5.41, 5.74) is 1.58. The number of fused-ring (bicyclic) bond motifs is 1. The van der Waals surface area contributed by atoms with E-state index in [1.807, 2.05) is 35.7 Å². The van der Waals surface area contributed by atoms with Gasteiger partial charge in [0.05, 0.1) is 6.20 Å². The minimum Gasteiger partial charge on any atom is -0.390 e. The lowest BCUT2D eigenvalue weighted by atomic mass is 9.50. The minimum absolute atomic E-state index is 0.143. The fourth-order valence-electron chi connectivity index (χ4n) is 6.80. The number of carbonyl (C=O) groups is 2. The molecule has 2 N–H and O–H groups in total. The van der Waals surface area contributed by atoms with E-state index in [0.717, 1.165) is 43.3 Å². The maximum absolute atomic E-state index is 12.9. The molecule has 4 aliphatic carbocycles. The smallest absolute Gasteiger partial charge is 0.390 e. The Morgan fingerprint density at radius 3 is 2.58 bits per heavy atom. The van der Waals surface area contributed by atoms with Gasteiger partial charge >= 0.3 is 6.09 Å². The van der Waals surface area contributed by atoms with Gasteiger partial charge in [0.2, 0.25) is 5.88 Å². The van der Waals surface area contributed by atoms with Gasteiger partial charge in [0.25, 0.3) is 5.91 Å². The second-order valence-electron chi connectivity index (χ2n) is 10.3. The van der Waals surface area contributed by atoms with Gasteiger partial charge in [-0.25, -0.2) is 4.79 Å². The van der Waals surface area contributed by atoms with Crippen molar-refractivity contribution in [1.29, 1.82) is 0 Å². The predicted octanol–water partition coefficient (Wildman–Crippen LogP) is 3.65. The van der Waals surface area contributed by atoms with Crippen molar-refractivity contribution in [3.63, 3.8) is 0 Å². The molecule has 2 amide bonds. The van der Waals surface area contributed by atoms with E-state index < -0.39 is 6.09 Å². The van der Waals surface area contributed by atoms with Gasteiger partial charge in [-0.3, -0.25) is 9.78 Å². The lowest BCUT2D eigenvalue weighted by Gasteiger charge is -2.61. The number of nitrogens with one attached hydrogen (secondary N) is 2. The molecule has 3 aromatic heterocycles. The molecule has 0 aromatic carbocycles. The Balaban J connectivity index is 1.19.